The molecule has 0 aromatic heterocycles. The van der Waals surface area contributed by atoms with Gasteiger partial charge in [0.05, 0.1) is 12.6 Å². The molecule has 0 saturated heterocycles. The zero-order chi connectivity index (χ0) is 17.0. The molecular formula is C20H33N3O. The van der Waals surface area contributed by atoms with E-state index < -0.39 is 5.54 Å². The largest absolute Gasteiger partial charge is 0.326 e. The fraction of sp³-hybridized carbons (Fsp3) is 0.900. The van der Waals surface area contributed by atoms with E-state index in [0.29, 0.717) is 12.6 Å². The van der Waals surface area contributed by atoms with Crippen molar-refractivity contribution in [3.63, 3.8) is 0 Å². The summed E-state index contributed by atoms with van der Waals surface area (Å²) in [5, 5.41) is 9.72. The molecule has 0 aliphatic heterocycles. The van der Waals surface area contributed by atoms with Crippen molar-refractivity contribution in [1.82, 2.24) is 9.80 Å². The van der Waals surface area contributed by atoms with Gasteiger partial charge in [-0.25, -0.2) is 0 Å². The van der Waals surface area contributed by atoms with E-state index in [4.69, 9.17) is 0 Å². The Morgan fingerprint density at radius 2 is 1.67 bits per heavy atom. The molecule has 0 bridgehead atoms. The summed E-state index contributed by atoms with van der Waals surface area (Å²) >= 11 is 0. The first kappa shape index (κ1) is 17.7. The summed E-state index contributed by atoms with van der Waals surface area (Å²) in [5.41, 5.74) is -0.546. The summed E-state index contributed by atoms with van der Waals surface area (Å²) in [6, 6.07) is 3.10. The maximum absolute atomic E-state index is 12.9. The highest BCUT2D eigenvalue weighted by atomic mass is 16.2. The van der Waals surface area contributed by atoms with Crippen LogP contribution in [0, 0.1) is 17.2 Å². The summed E-state index contributed by atoms with van der Waals surface area (Å²) in [6.45, 7) is 1.60. The monoisotopic (exact) mass is 331 g/mol. The number of carbonyl (C=O) groups excluding carboxylic acids is 1. The van der Waals surface area contributed by atoms with E-state index in [-0.39, 0.29) is 5.91 Å². The van der Waals surface area contributed by atoms with Gasteiger partial charge < -0.3 is 4.90 Å². The quantitative estimate of drug-likeness (QED) is 0.745. The van der Waals surface area contributed by atoms with Gasteiger partial charge in [0.15, 0.2) is 0 Å². The average Bonchev–Trinajstić information content (AvgIpc) is 3.47. The molecule has 24 heavy (non-hydrogen) atoms. The third-order valence-corrected chi connectivity index (χ3v) is 6.52. The van der Waals surface area contributed by atoms with E-state index in [1.165, 1.54) is 51.4 Å². The Hall–Kier alpha value is -1.08. The highest BCUT2D eigenvalue weighted by molar-refractivity contribution is 5.79. The molecule has 4 heteroatoms. The topological polar surface area (TPSA) is 47.3 Å². The number of amides is 1. The number of carbonyl (C=O) groups is 1. The van der Waals surface area contributed by atoms with Crippen LogP contribution >= 0.6 is 0 Å². The molecule has 3 aliphatic rings. The van der Waals surface area contributed by atoms with E-state index in [1.807, 2.05) is 7.05 Å². The Bertz CT molecular complexity index is 468. The van der Waals surface area contributed by atoms with Crippen LogP contribution in [0.15, 0.2) is 0 Å². The zero-order valence-electron chi connectivity index (χ0n) is 15.3. The van der Waals surface area contributed by atoms with E-state index >= 15 is 0 Å². The van der Waals surface area contributed by atoms with Gasteiger partial charge in [-0.15, -0.1) is 0 Å². The fourth-order valence-corrected chi connectivity index (χ4v) is 4.66. The second-order valence-electron chi connectivity index (χ2n) is 8.32. The molecule has 0 aromatic carbocycles. The number of likely N-dealkylation sites (N-methyl/N-ethyl adjacent to an activating group) is 1. The Morgan fingerprint density at radius 1 is 1.04 bits per heavy atom. The zero-order valence-corrected chi connectivity index (χ0v) is 15.3. The van der Waals surface area contributed by atoms with Crippen LogP contribution in [0.4, 0.5) is 0 Å². The summed E-state index contributed by atoms with van der Waals surface area (Å²) in [4.78, 5) is 17.2. The van der Waals surface area contributed by atoms with Crippen molar-refractivity contribution in [1.29, 1.82) is 5.26 Å². The molecule has 3 saturated carbocycles. The van der Waals surface area contributed by atoms with E-state index in [2.05, 4.69) is 11.0 Å². The molecule has 0 heterocycles. The normalized spacial score (nSPS) is 24.5. The average molecular weight is 332 g/mol. The fourth-order valence-electron chi connectivity index (χ4n) is 4.66. The minimum Gasteiger partial charge on any atom is -0.326 e. The molecule has 3 rings (SSSR count). The molecule has 0 N–H and O–H groups in total. The van der Waals surface area contributed by atoms with Gasteiger partial charge in [-0.05, 0) is 44.4 Å². The molecule has 0 atom stereocenters. The molecular weight excluding hydrogens is 298 g/mol. The number of nitriles is 1. The number of hydrogen-bond donors (Lipinski definition) is 0. The van der Waals surface area contributed by atoms with Crippen molar-refractivity contribution in [2.75, 3.05) is 20.1 Å². The minimum atomic E-state index is -0.546. The maximum atomic E-state index is 12.9. The number of hydrogen-bond acceptors (Lipinski definition) is 3. The van der Waals surface area contributed by atoms with E-state index in [1.54, 1.807) is 4.90 Å². The van der Waals surface area contributed by atoms with Crippen molar-refractivity contribution in [2.45, 2.75) is 88.6 Å². The van der Waals surface area contributed by atoms with E-state index in [9.17, 15) is 10.1 Å². The van der Waals surface area contributed by atoms with E-state index in [0.717, 1.165) is 38.1 Å². The highest BCUT2D eigenvalue weighted by Gasteiger charge is 2.40. The summed E-state index contributed by atoms with van der Waals surface area (Å²) in [5.74, 6) is 0.929. The molecule has 0 spiro atoms. The first-order valence-corrected chi connectivity index (χ1v) is 10.1. The Kier molecular flexibility index (Phi) is 5.81. The predicted molar refractivity (Wildman–Crippen MR) is 95.4 cm³/mol. The lowest BCUT2D eigenvalue weighted by atomic mass is 9.81. The lowest BCUT2D eigenvalue weighted by Crippen LogP contribution is -2.53. The first-order valence-electron chi connectivity index (χ1n) is 10.1. The second kappa shape index (κ2) is 7.87. The van der Waals surface area contributed by atoms with Gasteiger partial charge in [0.2, 0.25) is 5.91 Å². The van der Waals surface area contributed by atoms with Crippen molar-refractivity contribution in [3.05, 3.63) is 0 Å². The Morgan fingerprint density at radius 3 is 2.25 bits per heavy atom. The van der Waals surface area contributed by atoms with Gasteiger partial charge in [0, 0.05) is 19.6 Å². The third kappa shape index (κ3) is 4.11. The molecule has 3 fully saturated rings. The third-order valence-electron chi connectivity index (χ3n) is 6.52. The van der Waals surface area contributed by atoms with Crippen LogP contribution in [-0.2, 0) is 4.79 Å². The summed E-state index contributed by atoms with van der Waals surface area (Å²) < 4.78 is 0. The molecule has 4 nitrogen and oxygen atoms in total. The minimum absolute atomic E-state index is 0.154. The van der Waals surface area contributed by atoms with Crippen molar-refractivity contribution >= 4 is 5.91 Å². The smallest absolute Gasteiger partial charge is 0.237 e. The lowest BCUT2D eigenvalue weighted by Gasteiger charge is -2.40. The van der Waals surface area contributed by atoms with Gasteiger partial charge in [0.1, 0.15) is 5.54 Å². The van der Waals surface area contributed by atoms with Crippen molar-refractivity contribution < 1.29 is 4.79 Å². The predicted octanol–water partition coefficient (Wildman–Crippen LogP) is 3.72. The highest BCUT2D eigenvalue weighted by Crippen LogP contribution is 2.34. The van der Waals surface area contributed by atoms with Crippen molar-refractivity contribution in [3.8, 4) is 6.07 Å². The van der Waals surface area contributed by atoms with Crippen LogP contribution in [0.5, 0.6) is 0 Å². The van der Waals surface area contributed by atoms with Gasteiger partial charge in [-0.3, -0.25) is 9.69 Å². The van der Waals surface area contributed by atoms with Crippen LogP contribution in [0.2, 0.25) is 0 Å². The first-order chi connectivity index (χ1) is 11.6. The molecule has 134 valence electrons. The van der Waals surface area contributed by atoms with Crippen LogP contribution in [0.1, 0.15) is 77.0 Å². The molecule has 3 aliphatic carbocycles. The van der Waals surface area contributed by atoms with Crippen LogP contribution in [0.25, 0.3) is 0 Å². The van der Waals surface area contributed by atoms with Crippen LogP contribution in [0.3, 0.4) is 0 Å². The van der Waals surface area contributed by atoms with Gasteiger partial charge in [0.25, 0.3) is 0 Å². The van der Waals surface area contributed by atoms with Crippen LogP contribution < -0.4 is 0 Å². The Labute approximate surface area is 147 Å². The summed E-state index contributed by atoms with van der Waals surface area (Å²) in [7, 11) is 1.86. The Balaban J connectivity index is 1.59. The van der Waals surface area contributed by atoms with Gasteiger partial charge in [-0.1, -0.05) is 38.5 Å². The van der Waals surface area contributed by atoms with Gasteiger partial charge in [-0.2, -0.15) is 5.26 Å². The maximum Gasteiger partial charge on any atom is 0.237 e. The number of nitrogens with zero attached hydrogens (tertiary/aromatic N) is 3. The standard InChI is InChI=1S/C20H33N3O/c1-22(20(16-21)12-6-3-7-13-20)19(24)15-23(18-10-11-18)14-17-8-4-2-5-9-17/h17-18H,2-15H2,1H3. The van der Waals surface area contributed by atoms with Crippen molar-refractivity contribution in [2.24, 2.45) is 5.92 Å². The second-order valence-corrected chi connectivity index (χ2v) is 8.32. The molecule has 0 aromatic rings. The molecule has 0 unspecified atom stereocenters. The molecule has 1 amide bonds. The summed E-state index contributed by atoms with van der Waals surface area (Å²) in [6.07, 6.45) is 14.3. The van der Waals surface area contributed by atoms with Crippen LogP contribution in [-0.4, -0.2) is 47.4 Å². The lowest BCUT2D eigenvalue weighted by molar-refractivity contribution is -0.136. The number of rotatable bonds is 6. The molecule has 0 radical (unpaired) electrons. The SMILES string of the molecule is CN(C(=O)CN(CC1CCCCC1)C1CC1)C1(C#N)CCCCC1. The van der Waals surface area contributed by atoms with Gasteiger partial charge >= 0.3 is 0 Å².